The Hall–Kier alpha value is 0.310. The zero-order valence-corrected chi connectivity index (χ0v) is 28.1. The molecule has 8 N–H and O–H groups in total. The number of aliphatic hydroxyl groups excluding tert-OH is 1. The topological polar surface area (TPSA) is 230 Å². The molecule has 0 aromatic carbocycles. The van der Waals surface area contributed by atoms with Gasteiger partial charge in [0, 0.05) is 6.61 Å². The van der Waals surface area contributed by atoms with Crippen LogP contribution in [0, 0.1) is 11.8 Å². The van der Waals surface area contributed by atoms with Crippen molar-refractivity contribution in [2.75, 3.05) is 6.61 Å². The third-order valence-electron chi connectivity index (χ3n) is 5.27. The molecule has 1 aliphatic rings. The van der Waals surface area contributed by atoms with Crippen molar-refractivity contribution in [1.82, 2.24) is 0 Å². The minimum atomic E-state index is -5.20. The molecule has 1 aliphatic carbocycles. The molecule has 0 fully saturated rings. The number of allylic oxidation sites excluding steroid dienone is 5. The van der Waals surface area contributed by atoms with Gasteiger partial charge in [-0.2, -0.15) is 8.42 Å². The van der Waals surface area contributed by atoms with Gasteiger partial charge in [0.1, 0.15) is 0 Å². The van der Waals surface area contributed by atoms with Crippen LogP contribution in [-0.4, -0.2) is 59.0 Å². The van der Waals surface area contributed by atoms with Crippen LogP contribution in [0.2, 0.25) is 0 Å². The van der Waals surface area contributed by atoms with Crippen LogP contribution >= 0.6 is 15.2 Å². The summed E-state index contributed by atoms with van der Waals surface area (Å²) in [6, 6.07) is 0. The summed E-state index contributed by atoms with van der Waals surface area (Å²) in [4.78, 5) is 33.0. The van der Waals surface area contributed by atoms with E-state index in [1.807, 2.05) is 0 Å². The summed E-state index contributed by atoms with van der Waals surface area (Å²) in [5, 5.41) is 14.0. The predicted octanol–water partition coefficient (Wildman–Crippen LogP) is 1.53. The standard InChI is InChI=1S/C10H20O.C10H16.C2H8O7P2.Na.H2O4S.H/c1-9(2)5-4-6-10(3)7-8-11;1-8(2)10-6-4-9(3)5-7-10;1-2(3,10(4,5)6)11(7,8)9;;1-5(2,3)4;/h5,10-11H,4,6-8H2,1-3H3;4,10H,1,5-7H2,2-3H3;3H,1H3,(H2,4,5,6)(H2,7,8,9);;(H2,1,2,3,4);/q;;;+1;;-1. The van der Waals surface area contributed by atoms with Crippen molar-refractivity contribution in [3.05, 3.63) is 35.5 Å². The molecule has 16 heteroatoms. The van der Waals surface area contributed by atoms with Crippen molar-refractivity contribution in [1.29, 1.82) is 0 Å². The Kier molecular flexibility index (Phi) is 25.1. The van der Waals surface area contributed by atoms with Crippen LogP contribution in [0.3, 0.4) is 0 Å². The zero-order chi connectivity index (χ0) is 30.3. The summed E-state index contributed by atoms with van der Waals surface area (Å²) in [5.74, 6) is 1.43. The number of aliphatic hydroxyl groups is 2. The average molecular weight is 621 g/mol. The second-order valence-corrected chi connectivity index (χ2v) is 14.5. The van der Waals surface area contributed by atoms with E-state index in [9.17, 15) is 9.13 Å². The van der Waals surface area contributed by atoms with E-state index < -0.39 is 30.7 Å². The molecule has 0 aromatic rings. The van der Waals surface area contributed by atoms with Gasteiger partial charge in [0.25, 0.3) is 5.08 Å². The molecule has 0 aliphatic heterocycles. The van der Waals surface area contributed by atoms with Crippen LogP contribution in [0.4, 0.5) is 0 Å². The summed E-state index contributed by atoms with van der Waals surface area (Å²) in [7, 11) is -15.1. The van der Waals surface area contributed by atoms with E-state index in [1.165, 1.54) is 36.8 Å². The quantitative estimate of drug-likeness (QED) is 0.0836. The minimum absolute atomic E-state index is 0. The molecule has 2 unspecified atom stereocenters. The molecule has 0 bridgehead atoms. The molecule has 0 radical (unpaired) electrons. The molecular formula is C22H47NaO12P2S. The van der Waals surface area contributed by atoms with Gasteiger partial charge in [-0.15, -0.1) is 0 Å². The van der Waals surface area contributed by atoms with Crippen molar-refractivity contribution in [3.63, 3.8) is 0 Å². The summed E-state index contributed by atoms with van der Waals surface area (Å²) < 4.78 is 52.1. The second-order valence-electron chi connectivity index (χ2n) is 9.35. The first kappa shape index (κ1) is 45.3. The summed E-state index contributed by atoms with van der Waals surface area (Å²) in [5.41, 5.74) is 4.29. The van der Waals surface area contributed by atoms with E-state index in [0.29, 0.717) is 19.4 Å². The van der Waals surface area contributed by atoms with Crippen molar-refractivity contribution in [2.45, 2.75) is 85.2 Å². The molecule has 224 valence electrons. The van der Waals surface area contributed by atoms with Gasteiger partial charge in [-0.3, -0.25) is 18.2 Å². The summed E-state index contributed by atoms with van der Waals surface area (Å²) in [6.45, 7) is 15.5. The maximum atomic E-state index is 10.3. The Morgan fingerprint density at radius 1 is 1.16 bits per heavy atom. The zero-order valence-electron chi connectivity index (χ0n) is 24.5. The van der Waals surface area contributed by atoms with E-state index in [2.05, 4.69) is 53.3 Å². The van der Waals surface area contributed by atoms with Gasteiger partial charge in [0.2, 0.25) is 0 Å². The molecule has 0 saturated heterocycles. The van der Waals surface area contributed by atoms with Crippen LogP contribution in [0.5, 0.6) is 0 Å². The van der Waals surface area contributed by atoms with Gasteiger partial charge in [0.05, 0.1) is 0 Å². The van der Waals surface area contributed by atoms with Crippen LogP contribution in [0.1, 0.15) is 81.5 Å². The normalized spacial score (nSPS) is 16.4. The van der Waals surface area contributed by atoms with Gasteiger partial charge in [-0.1, -0.05) is 42.4 Å². The van der Waals surface area contributed by atoms with E-state index in [-0.39, 0.29) is 31.0 Å². The third-order valence-corrected chi connectivity index (χ3v) is 9.04. The fraction of sp³-hybridized carbons (Fsp3) is 0.727. The molecule has 12 nitrogen and oxygen atoms in total. The second kappa shape index (κ2) is 21.1. The van der Waals surface area contributed by atoms with Gasteiger partial charge in [-0.25, -0.2) is 0 Å². The van der Waals surface area contributed by atoms with Crippen LogP contribution in [0.15, 0.2) is 35.5 Å². The largest absolute Gasteiger partial charge is 1.00 e. The number of rotatable bonds is 8. The number of hydrogen-bond acceptors (Lipinski definition) is 6. The van der Waals surface area contributed by atoms with Crippen LogP contribution < -0.4 is 29.6 Å². The molecule has 0 spiro atoms. The van der Waals surface area contributed by atoms with Crippen molar-refractivity contribution in [3.8, 4) is 0 Å². The minimum Gasteiger partial charge on any atom is -1.00 e. The first-order valence-electron chi connectivity index (χ1n) is 11.5. The first-order valence-corrected chi connectivity index (χ1v) is 16.1. The van der Waals surface area contributed by atoms with Gasteiger partial charge in [-0.05, 0) is 85.0 Å². The monoisotopic (exact) mass is 620 g/mol. The van der Waals surface area contributed by atoms with Crippen molar-refractivity contribution < 1.29 is 87.4 Å². The maximum absolute atomic E-state index is 10.3. The molecule has 0 aromatic heterocycles. The van der Waals surface area contributed by atoms with E-state index >= 15 is 0 Å². The first-order chi connectivity index (χ1) is 16.4. The molecule has 0 amide bonds. The fourth-order valence-corrected chi connectivity index (χ4v) is 3.96. The van der Waals surface area contributed by atoms with Gasteiger partial charge in [0.15, 0.2) is 0 Å². The summed E-state index contributed by atoms with van der Waals surface area (Å²) in [6.07, 6.45) is 11.7. The van der Waals surface area contributed by atoms with Crippen molar-refractivity contribution in [2.24, 2.45) is 11.8 Å². The average Bonchev–Trinajstić information content (AvgIpc) is 2.66. The van der Waals surface area contributed by atoms with E-state index in [0.717, 1.165) is 18.8 Å². The Morgan fingerprint density at radius 3 is 1.82 bits per heavy atom. The Bertz CT molecular complexity index is 907. The van der Waals surface area contributed by atoms with Crippen LogP contribution in [0.25, 0.3) is 0 Å². The maximum Gasteiger partial charge on any atom is 1.00 e. The molecule has 1 rings (SSSR count). The van der Waals surface area contributed by atoms with Crippen molar-refractivity contribution >= 4 is 25.6 Å². The van der Waals surface area contributed by atoms with E-state index in [4.69, 9.17) is 47.3 Å². The summed E-state index contributed by atoms with van der Waals surface area (Å²) >= 11 is 0. The Balaban J connectivity index is -0.000000133. The smallest absolute Gasteiger partial charge is 1.00 e. The SMILES string of the molecule is C=C(C)C1CC=C(C)CC1.CC(C)=CCCC(C)CCO.CC(O)(P(=O)(O)O)P(=O)(O)O.O=S(=O)(O)O.[H-].[Na+]. The Morgan fingerprint density at radius 2 is 1.58 bits per heavy atom. The van der Waals surface area contributed by atoms with Gasteiger partial charge < -0.3 is 31.2 Å². The van der Waals surface area contributed by atoms with Crippen LogP contribution in [-0.2, 0) is 19.5 Å². The number of hydrogen-bond donors (Lipinski definition) is 8. The fourth-order valence-electron chi connectivity index (χ4n) is 2.60. The Labute approximate surface area is 251 Å². The molecule has 38 heavy (non-hydrogen) atoms. The van der Waals surface area contributed by atoms with Gasteiger partial charge >= 0.3 is 55.1 Å². The molecule has 0 heterocycles. The molecule has 0 saturated carbocycles. The molecular weight excluding hydrogens is 573 g/mol. The predicted molar refractivity (Wildman–Crippen MR) is 145 cm³/mol. The molecule has 2 atom stereocenters. The third kappa shape index (κ3) is 26.5. The van der Waals surface area contributed by atoms with E-state index in [1.54, 1.807) is 5.57 Å².